The molecule has 1 saturated heterocycles. The number of hydrogen-bond donors (Lipinski definition) is 1. The Morgan fingerprint density at radius 1 is 1.33 bits per heavy atom. The van der Waals surface area contributed by atoms with Crippen molar-refractivity contribution < 1.29 is 18.3 Å². The molecule has 0 unspecified atom stereocenters. The number of hydrogen-bond acceptors (Lipinski definition) is 4. The maximum atomic E-state index is 14.5. The SMILES string of the molecule is CCOC1CCN(Cc2c(OC)cc(C)c3c2C(F)(F)CN3)CC1. The minimum absolute atomic E-state index is 0.117. The van der Waals surface area contributed by atoms with Gasteiger partial charge in [-0.05, 0) is 38.3 Å². The van der Waals surface area contributed by atoms with Crippen LogP contribution in [0.2, 0.25) is 0 Å². The van der Waals surface area contributed by atoms with Crippen molar-refractivity contribution in [3.63, 3.8) is 0 Å². The summed E-state index contributed by atoms with van der Waals surface area (Å²) in [7, 11) is 1.55. The molecule has 0 amide bonds. The summed E-state index contributed by atoms with van der Waals surface area (Å²) in [6.07, 6.45) is 2.18. The van der Waals surface area contributed by atoms with Gasteiger partial charge in [-0.1, -0.05) is 0 Å². The third kappa shape index (κ3) is 3.22. The van der Waals surface area contributed by atoms with Crippen LogP contribution in [0.5, 0.6) is 5.75 Å². The van der Waals surface area contributed by atoms with Gasteiger partial charge in [-0.15, -0.1) is 0 Å². The van der Waals surface area contributed by atoms with Crippen LogP contribution in [0.15, 0.2) is 6.07 Å². The normalized spacial score (nSPS) is 20.7. The maximum absolute atomic E-state index is 14.5. The first-order chi connectivity index (χ1) is 11.5. The molecule has 1 N–H and O–H groups in total. The standard InChI is InChI=1S/C18H26F2N2O2/c1-4-24-13-5-7-22(8-6-13)10-14-15(23-3)9-12(2)17-16(14)18(19,20)11-21-17/h9,13,21H,4-8,10-11H2,1-3H3. The molecule has 24 heavy (non-hydrogen) atoms. The number of rotatable bonds is 5. The van der Waals surface area contributed by atoms with Gasteiger partial charge in [0.15, 0.2) is 0 Å². The van der Waals surface area contributed by atoms with Crippen LogP contribution in [-0.4, -0.2) is 44.4 Å². The topological polar surface area (TPSA) is 33.7 Å². The number of halogens is 2. The molecule has 0 spiro atoms. The summed E-state index contributed by atoms with van der Waals surface area (Å²) in [5, 5.41) is 2.87. The molecule has 6 heteroatoms. The Morgan fingerprint density at radius 3 is 2.67 bits per heavy atom. The van der Waals surface area contributed by atoms with Gasteiger partial charge in [0.25, 0.3) is 5.92 Å². The van der Waals surface area contributed by atoms with Crippen molar-refractivity contribution in [3.05, 3.63) is 22.8 Å². The molecule has 0 atom stereocenters. The van der Waals surface area contributed by atoms with E-state index in [0.29, 0.717) is 29.6 Å². The van der Waals surface area contributed by atoms with Crippen molar-refractivity contribution in [1.29, 1.82) is 0 Å². The van der Waals surface area contributed by atoms with Gasteiger partial charge < -0.3 is 14.8 Å². The molecule has 3 rings (SSSR count). The summed E-state index contributed by atoms with van der Waals surface area (Å²) in [5.74, 6) is -2.30. The summed E-state index contributed by atoms with van der Waals surface area (Å²) in [4.78, 5) is 2.22. The highest BCUT2D eigenvalue weighted by Gasteiger charge is 2.43. The number of fused-ring (bicyclic) bond motifs is 1. The smallest absolute Gasteiger partial charge is 0.292 e. The lowest BCUT2D eigenvalue weighted by Crippen LogP contribution is -2.37. The summed E-state index contributed by atoms with van der Waals surface area (Å²) in [6, 6.07) is 1.86. The van der Waals surface area contributed by atoms with Crippen LogP contribution in [0.1, 0.15) is 36.5 Å². The summed E-state index contributed by atoms with van der Waals surface area (Å²) in [6.45, 7) is 6.43. The zero-order valence-electron chi connectivity index (χ0n) is 14.6. The van der Waals surface area contributed by atoms with Gasteiger partial charge in [0, 0.05) is 37.5 Å². The van der Waals surface area contributed by atoms with Crippen molar-refractivity contribution in [1.82, 2.24) is 4.90 Å². The number of nitrogens with zero attached hydrogens (tertiary/aromatic N) is 1. The fourth-order valence-corrected chi connectivity index (χ4v) is 3.78. The molecule has 2 aliphatic rings. The first-order valence-electron chi connectivity index (χ1n) is 8.63. The Kier molecular flexibility index (Phi) is 4.97. The molecule has 0 saturated carbocycles. The number of alkyl halides is 2. The second kappa shape index (κ2) is 6.84. The van der Waals surface area contributed by atoms with Gasteiger partial charge in [-0.2, -0.15) is 8.78 Å². The van der Waals surface area contributed by atoms with Crippen molar-refractivity contribution >= 4 is 5.69 Å². The Labute approximate surface area is 142 Å². The van der Waals surface area contributed by atoms with Crippen molar-refractivity contribution in [3.8, 4) is 5.75 Å². The van der Waals surface area contributed by atoms with E-state index in [-0.39, 0.29) is 12.1 Å². The Morgan fingerprint density at radius 2 is 2.04 bits per heavy atom. The predicted octanol–water partition coefficient (Wildman–Crippen LogP) is 3.52. The monoisotopic (exact) mass is 340 g/mol. The van der Waals surface area contributed by atoms with Gasteiger partial charge in [-0.3, -0.25) is 4.90 Å². The van der Waals surface area contributed by atoms with E-state index < -0.39 is 5.92 Å². The average molecular weight is 340 g/mol. The van der Waals surface area contributed by atoms with Crippen molar-refractivity contribution in [2.75, 3.05) is 38.7 Å². The highest BCUT2D eigenvalue weighted by molar-refractivity contribution is 5.69. The minimum Gasteiger partial charge on any atom is -0.496 e. The minimum atomic E-state index is -2.85. The molecular weight excluding hydrogens is 314 g/mol. The number of likely N-dealkylation sites (tertiary alicyclic amines) is 1. The van der Waals surface area contributed by atoms with Crippen molar-refractivity contribution in [2.45, 2.75) is 45.3 Å². The van der Waals surface area contributed by atoms with E-state index in [1.165, 1.54) is 0 Å². The van der Waals surface area contributed by atoms with E-state index in [0.717, 1.165) is 38.1 Å². The number of piperidine rings is 1. The Hall–Kier alpha value is -1.40. The molecule has 0 aliphatic carbocycles. The second-order valence-corrected chi connectivity index (χ2v) is 6.61. The molecule has 0 radical (unpaired) electrons. The molecule has 2 aliphatic heterocycles. The molecule has 0 bridgehead atoms. The third-order valence-electron chi connectivity index (χ3n) is 4.98. The lowest BCUT2D eigenvalue weighted by molar-refractivity contribution is 0.00795. The number of benzene rings is 1. The molecule has 4 nitrogen and oxygen atoms in total. The third-order valence-corrected chi connectivity index (χ3v) is 4.98. The lowest BCUT2D eigenvalue weighted by Gasteiger charge is -2.33. The van der Waals surface area contributed by atoms with Crippen LogP contribution in [0.4, 0.5) is 14.5 Å². The Bertz CT molecular complexity index is 599. The van der Waals surface area contributed by atoms with Crippen LogP contribution in [0.25, 0.3) is 0 Å². The fourth-order valence-electron chi connectivity index (χ4n) is 3.78. The largest absolute Gasteiger partial charge is 0.496 e. The number of ether oxygens (including phenoxy) is 2. The second-order valence-electron chi connectivity index (χ2n) is 6.61. The van der Waals surface area contributed by atoms with Gasteiger partial charge in [0.2, 0.25) is 0 Å². The summed E-state index contributed by atoms with van der Waals surface area (Å²) >= 11 is 0. The first kappa shape index (κ1) is 17.4. The molecule has 1 fully saturated rings. The number of anilines is 1. The van der Waals surface area contributed by atoms with Crippen LogP contribution < -0.4 is 10.1 Å². The van der Waals surface area contributed by atoms with Crippen LogP contribution in [-0.2, 0) is 17.2 Å². The summed E-state index contributed by atoms with van der Waals surface area (Å²) < 4.78 is 40.0. The highest BCUT2D eigenvalue weighted by Crippen LogP contribution is 2.46. The molecule has 2 heterocycles. The van der Waals surface area contributed by atoms with E-state index in [1.807, 2.05) is 19.9 Å². The van der Waals surface area contributed by atoms with Gasteiger partial charge in [0.05, 0.1) is 25.3 Å². The highest BCUT2D eigenvalue weighted by atomic mass is 19.3. The van der Waals surface area contributed by atoms with Gasteiger partial charge in [-0.25, -0.2) is 0 Å². The number of methoxy groups -OCH3 is 1. The fraction of sp³-hybridized carbons (Fsp3) is 0.667. The van der Waals surface area contributed by atoms with E-state index in [1.54, 1.807) is 7.11 Å². The lowest BCUT2D eigenvalue weighted by atomic mass is 9.96. The molecule has 0 aromatic heterocycles. The van der Waals surface area contributed by atoms with Crippen molar-refractivity contribution in [2.24, 2.45) is 0 Å². The number of aryl methyl sites for hydroxylation is 1. The van der Waals surface area contributed by atoms with E-state index in [4.69, 9.17) is 9.47 Å². The summed E-state index contributed by atoms with van der Waals surface area (Å²) in [5.41, 5.74) is 2.10. The molecule has 1 aromatic rings. The van der Waals surface area contributed by atoms with E-state index in [2.05, 4.69) is 10.2 Å². The van der Waals surface area contributed by atoms with E-state index >= 15 is 0 Å². The van der Waals surface area contributed by atoms with Crippen LogP contribution >= 0.6 is 0 Å². The average Bonchev–Trinajstić information content (AvgIpc) is 2.88. The zero-order valence-corrected chi connectivity index (χ0v) is 14.6. The number of nitrogens with one attached hydrogen (secondary N) is 1. The van der Waals surface area contributed by atoms with Gasteiger partial charge >= 0.3 is 0 Å². The Balaban J connectivity index is 1.85. The van der Waals surface area contributed by atoms with Crippen LogP contribution in [0, 0.1) is 6.92 Å². The molecule has 134 valence electrons. The quantitative estimate of drug-likeness (QED) is 0.889. The first-order valence-corrected chi connectivity index (χ1v) is 8.63. The van der Waals surface area contributed by atoms with E-state index in [9.17, 15) is 8.78 Å². The zero-order chi connectivity index (χ0) is 17.3. The molecular formula is C18H26F2N2O2. The van der Waals surface area contributed by atoms with Crippen LogP contribution in [0.3, 0.4) is 0 Å². The van der Waals surface area contributed by atoms with Gasteiger partial charge in [0.1, 0.15) is 5.75 Å². The molecule has 1 aromatic carbocycles. The predicted molar refractivity (Wildman–Crippen MR) is 90.0 cm³/mol. The maximum Gasteiger partial charge on any atom is 0.292 e.